The molecular formula is C23H29BrN2O2. The van der Waals surface area contributed by atoms with Gasteiger partial charge in [-0.1, -0.05) is 66.2 Å². The number of rotatable bonds is 8. The van der Waals surface area contributed by atoms with E-state index < -0.39 is 6.04 Å². The first-order valence-electron chi connectivity index (χ1n) is 9.66. The van der Waals surface area contributed by atoms with Crippen molar-refractivity contribution in [1.82, 2.24) is 10.2 Å². The third-order valence-electron chi connectivity index (χ3n) is 4.93. The Hall–Kier alpha value is -2.14. The van der Waals surface area contributed by atoms with Crippen LogP contribution in [0.1, 0.15) is 49.8 Å². The largest absolute Gasteiger partial charge is 0.357 e. The maximum absolute atomic E-state index is 13.0. The van der Waals surface area contributed by atoms with Crippen LogP contribution in [0.4, 0.5) is 0 Å². The Morgan fingerprint density at radius 3 is 2.29 bits per heavy atom. The van der Waals surface area contributed by atoms with Crippen molar-refractivity contribution in [2.45, 2.75) is 52.1 Å². The number of carbonyl (C=O) groups excluding carboxylic acids is 2. The Morgan fingerprint density at radius 2 is 1.71 bits per heavy atom. The van der Waals surface area contributed by atoms with Crippen LogP contribution < -0.4 is 5.32 Å². The monoisotopic (exact) mass is 444 g/mol. The molecule has 0 saturated carbocycles. The van der Waals surface area contributed by atoms with E-state index in [1.54, 1.807) is 18.9 Å². The van der Waals surface area contributed by atoms with Gasteiger partial charge in [-0.2, -0.15) is 0 Å². The average Bonchev–Trinajstić information content (AvgIpc) is 2.69. The highest BCUT2D eigenvalue weighted by Crippen LogP contribution is 2.18. The zero-order valence-corrected chi connectivity index (χ0v) is 18.6. The van der Waals surface area contributed by atoms with Gasteiger partial charge >= 0.3 is 0 Å². The minimum atomic E-state index is -0.528. The maximum Gasteiger partial charge on any atom is 0.242 e. The van der Waals surface area contributed by atoms with Gasteiger partial charge in [-0.3, -0.25) is 9.59 Å². The van der Waals surface area contributed by atoms with Gasteiger partial charge < -0.3 is 10.2 Å². The normalized spacial score (nSPS) is 11.9. The van der Waals surface area contributed by atoms with E-state index in [0.29, 0.717) is 25.3 Å². The van der Waals surface area contributed by atoms with Gasteiger partial charge in [0.2, 0.25) is 11.8 Å². The maximum atomic E-state index is 13.0. The summed E-state index contributed by atoms with van der Waals surface area (Å²) in [5, 5.41) is 2.65. The minimum Gasteiger partial charge on any atom is -0.357 e. The molecular weight excluding hydrogens is 416 g/mol. The molecule has 4 nitrogen and oxygen atoms in total. The molecule has 1 atom stereocenters. The first-order valence-corrected chi connectivity index (χ1v) is 10.5. The number of carbonyl (C=O) groups is 2. The second-order valence-electron chi connectivity index (χ2n) is 7.34. The number of amides is 2. The van der Waals surface area contributed by atoms with E-state index in [1.165, 1.54) is 5.56 Å². The average molecular weight is 445 g/mol. The van der Waals surface area contributed by atoms with E-state index in [4.69, 9.17) is 0 Å². The number of halogens is 1. The number of aryl methyl sites for hydroxylation is 1. The van der Waals surface area contributed by atoms with E-state index in [1.807, 2.05) is 24.3 Å². The standard InChI is InChI=1S/C23H29BrN2O2/c1-16(2)20-11-8-18(9-12-20)10-13-22(27)26(17(3)23(28)25-4)15-19-6-5-7-21(24)14-19/h5-9,11-12,14,16-17H,10,13,15H2,1-4H3,(H,25,28)/t17-/m0/s1. The zero-order chi connectivity index (χ0) is 20.7. The lowest BCUT2D eigenvalue weighted by Crippen LogP contribution is -2.46. The molecule has 0 unspecified atom stereocenters. The molecule has 0 aromatic heterocycles. The summed E-state index contributed by atoms with van der Waals surface area (Å²) in [6, 6.07) is 15.7. The molecule has 0 heterocycles. The van der Waals surface area contributed by atoms with Crippen LogP contribution in [0.15, 0.2) is 53.0 Å². The Bertz CT molecular complexity index is 803. The van der Waals surface area contributed by atoms with Gasteiger partial charge in [-0.05, 0) is 48.1 Å². The van der Waals surface area contributed by atoms with E-state index in [-0.39, 0.29) is 11.8 Å². The van der Waals surface area contributed by atoms with Crippen LogP contribution in [0.3, 0.4) is 0 Å². The molecule has 2 aromatic rings. The van der Waals surface area contributed by atoms with E-state index in [9.17, 15) is 9.59 Å². The summed E-state index contributed by atoms with van der Waals surface area (Å²) in [5.74, 6) is 0.304. The molecule has 0 aliphatic rings. The molecule has 0 fully saturated rings. The van der Waals surface area contributed by atoms with Crippen molar-refractivity contribution in [2.24, 2.45) is 0 Å². The summed E-state index contributed by atoms with van der Waals surface area (Å²) in [5.41, 5.74) is 3.41. The number of hydrogen-bond acceptors (Lipinski definition) is 2. The molecule has 0 aliphatic heterocycles. The van der Waals surface area contributed by atoms with E-state index in [2.05, 4.69) is 59.4 Å². The number of benzene rings is 2. The topological polar surface area (TPSA) is 49.4 Å². The summed E-state index contributed by atoms with van der Waals surface area (Å²) in [6.07, 6.45) is 1.03. The first-order chi connectivity index (χ1) is 13.3. The second-order valence-corrected chi connectivity index (χ2v) is 8.25. The predicted octanol–water partition coefficient (Wildman–Crippen LogP) is 4.67. The van der Waals surface area contributed by atoms with Gasteiger partial charge in [0, 0.05) is 24.5 Å². The summed E-state index contributed by atoms with van der Waals surface area (Å²) in [6.45, 7) is 6.50. The molecule has 1 N–H and O–H groups in total. The van der Waals surface area contributed by atoms with Gasteiger partial charge in [-0.25, -0.2) is 0 Å². The van der Waals surface area contributed by atoms with Crippen molar-refractivity contribution < 1.29 is 9.59 Å². The van der Waals surface area contributed by atoms with Crippen LogP contribution in [0.2, 0.25) is 0 Å². The van der Waals surface area contributed by atoms with Crippen LogP contribution in [-0.4, -0.2) is 29.8 Å². The fraction of sp³-hybridized carbons (Fsp3) is 0.391. The molecule has 0 radical (unpaired) electrons. The first kappa shape index (κ1) is 22.2. The van der Waals surface area contributed by atoms with Crippen molar-refractivity contribution in [1.29, 1.82) is 0 Å². The Balaban J connectivity index is 2.10. The van der Waals surface area contributed by atoms with Gasteiger partial charge in [-0.15, -0.1) is 0 Å². The Labute approximate surface area is 176 Å². The fourth-order valence-corrected chi connectivity index (χ4v) is 3.53. The highest BCUT2D eigenvalue weighted by Gasteiger charge is 2.25. The minimum absolute atomic E-state index is 0.0241. The van der Waals surface area contributed by atoms with Gasteiger partial charge in [0.15, 0.2) is 0 Å². The molecule has 5 heteroatoms. The number of likely N-dealkylation sites (N-methyl/N-ethyl adjacent to an activating group) is 1. The van der Waals surface area contributed by atoms with Crippen molar-refractivity contribution >= 4 is 27.7 Å². The second kappa shape index (κ2) is 10.4. The summed E-state index contributed by atoms with van der Waals surface area (Å²) in [7, 11) is 1.59. The molecule has 150 valence electrons. The molecule has 0 bridgehead atoms. The number of nitrogens with zero attached hydrogens (tertiary/aromatic N) is 1. The zero-order valence-electron chi connectivity index (χ0n) is 17.0. The van der Waals surface area contributed by atoms with Crippen LogP contribution in [0.25, 0.3) is 0 Å². The van der Waals surface area contributed by atoms with Crippen LogP contribution in [0.5, 0.6) is 0 Å². The van der Waals surface area contributed by atoms with Crippen LogP contribution >= 0.6 is 15.9 Å². The van der Waals surface area contributed by atoms with Gasteiger partial charge in [0.05, 0.1) is 0 Å². The predicted molar refractivity (Wildman–Crippen MR) is 117 cm³/mol. The third-order valence-corrected chi connectivity index (χ3v) is 5.42. The molecule has 0 spiro atoms. The van der Waals surface area contributed by atoms with E-state index in [0.717, 1.165) is 15.6 Å². The fourth-order valence-electron chi connectivity index (χ4n) is 3.09. The number of hydrogen-bond donors (Lipinski definition) is 1. The summed E-state index contributed by atoms with van der Waals surface area (Å²) >= 11 is 3.46. The quantitative estimate of drug-likeness (QED) is 0.642. The van der Waals surface area contributed by atoms with E-state index >= 15 is 0 Å². The van der Waals surface area contributed by atoms with Gasteiger partial charge in [0.1, 0.15) is 6.04 Å². The SMILES string of the molecule is CNC(=O)[C@H](C)N(Cc1cccc(Br)c1)C(=O)CCc1ccc(C(C)C)cc1. The highest BCUT2D eigenvalue weighted by molar-refractivity contribution is 9.10. The Morgan fingerprint density at radius 1 is 1.04 bits per heavy atom. The summed E-state index contributed by atoms with van der Waals surface area (Å²) in [4.78, 5) is 26.8. The molecule has 28 heavy (non-hydrogen) atoms. The third kappa shape index (κ3) is 6.20. The van der Waals surface area contributed by atoms with Gasteiger partial charge in [0.25, 0.3) is 0 Å². The lowest BCUT2D eigenvalue weighted by molar-refractivity contribution is -0.140. The van der Waals surface area contributed by atoms with Crippen molar-refractivity contribution in [3.8, 4) is 0 Å². The lowest BCUT2D eigenvalue weighted by atomic mass is 10.00. The van der Waals surface area contributed by atoms with Crippen LogP contribution in [-0.2, 0) is 22.6 Å². The van der Waals surface area contributed by atoms with Crippen LogP contribution in [0, 0.1) is 0 Å². The lowest BCUT2D eigenvalue weighted by Gasteiger charge is -2.28. The van der Waals surface area contributed by atoms with Crippen molar-refractivity contribution in [3.63, 3.8) is 0 Å². The molecule has 2 aromatic carbocycles. The molecule has 2 amide bonds. The van der Waals surface area contributed by atoms with Crippen molar-refractivity contribution in [2.75, 3.05) is 7.05 Å². The molecule has 0 saturated heterocycles. The smallest absolute Gasteiger partial charge is 0.242 e. The molecule has 0 aliphatic carbocycles. The Kier molecular flexibility index (Phi) is 8.24. The van der Waals surface area contributed by atoms with Crippen molar-refractivity contribution in [3.05, 3.63) is 69.7 Å². The highest BCUT2D eigenvalue weighted by atomic mass is 79.9. The number of nitrogens with one attached hydrogen (secondary N) is 1. The molecule has 2 rings (SSSR count). The summed E-state index contributed by atoms with van der Waals surface area (Å²) < 4.78 is 0.954.